The normalized spacial score (nSPS) is 15.0. The molecule has 0 radical (unpaired) electrons. The van der Waals surface area contributed by atoms with Crippen molar-refractivity contribution in [3.8, 4) is 0 Å². The fraction of sp³-hybridized carbons (Fsp3) is 0.300. The van der Waals surface area contributed by atoms with Gasteiger partial charge in [-0.1, -0.05) is 18.7 Å². The molecular formula is C20H22N2O2S. The minimum absolute atomic E-state index is 0.00528. The van der Waals surface area contributed by atoms with Crippen molar-refractivity contribution in [1.29, 1.82) is 0 Å². The summed E-state index contributed by atoms with van der Waals surface area (Å²) in [6, 6.07) is 9.94. The van der Waals surface area contributed by atoms with Crippen molar-refractivity contribution >= 4 is 28.8 Å². The molecule has 130 valence electrons. The highest BCUT2D eigenvalue weighted by atomic mass is 32.1. The Morgan fingerprint density at radius 1 is 1.28 bits per heavy atom. The van der Waals surface area contributed by atoms with Crippen molar-refractivity contribution in [3.05, 3.63) is 64.4 Å². The van der Waals surface area contributed by atoms with Crippen LogP contribution in [-0.4, -0.2) is 29.8 Å². The Bertz CT molecular complexity index is 788. The first-order chi connectivity index (χ1) is 12.1. The summed E-state index contributed by atoms with van der Waals surface area (Å²) >= 11 is 1.46. The number of aryl methyl sites for hydroxylation is 1. The molecular weight excluding hydrogens is 332 g/mol. The van der Waals surface area contributed by atoms with E-state index in [1.807, 2.05) is 41.5 Å². The maximum atomic E-state index is 12.3. The minimum atomic E-state index is -0.0679. The SMILES string of the molecule is C=CC(=O)N1CCC(c2cccc(NC(=O)c3cc(C)cs3)c2)CC1. The quantitative estimate of drug-likeness (QED) is 0.837. The topological polar surface area (TPSA) is 49.4 Å². The molecule has 1 aromatic carbocycles. The lowest BCUT2D eigenvalue weighted by Crippen LogP contribution is -2.36. The Labute approximate surface area is 152 Å². The van der Waals surface area contributed by atoms with E-state index in [1.165, 1.54) is 23.0 Å². The third kappa shape index (κ3) is 4.17. The molecule has 2 amide bonds. The number of piperidine rings is 1. The average molecular weight is 354 g/mol. The van der Waals surface area contributed by atoms with Gasteiger partial charge in [0.05, 0.1) is 4.88 Å². The Morgan fingerprint density at radius 2 is 2.04 bits per heavy atom. The van der Waals surface area contributed by atoms with E-state index in [4.69, 9.17) is 0 Å². The van der Waals surface area contributed by atoms with E-state index in [0.29, 0.717) is 5.92 Å². The highest BCUT2D eigenvalue weighted by Crippen LogP contribution is 2.30. The van der Waals surface area contributed by atoms with Crippen LogP contribution < -0.4 is 5.32 Å². The van der Waals surface area contributed by atoms with Crippen LogP contribution in [0.15, 0.2) is 48.4 Å². The molecule has 1 fully saturated rings. The smallest absolute Gasteiger partial charge is 0.265 e. The van der Waals surface area contributed by atoms with Crippen molar-refractivity contribution < 1.29 is 9.59 Å². The molecule has 2 heterocycles. The van der Waals surface area contributed by atoms with E-state index in [-0.39, 0.29) is 11.8 Å². The number of hydrogen-bond acceptors (Lipinski definition) is 3. The molecule has 1 saturated heterocycles. The van der Waals surface area contributed by atoms with Crippen LogP contribution >= 0.6 is 11.3 Å². The molecule has 3 rings (SSSR count). The number of anilines is 1. The van der Waals surface area contributed by atoms with E-state index in [0.717, 1.165) is 42.1 Å². The fourth-order valence-electron chi connectivity index (χ4n) is 3.18. The standard InChI is InChI=1S/C20H22N2O2S/c1-3-19(23)22-9-7-15(8-10-22)16-5-4-6-17(12-16)21-20(24)18-11-14(2)13-25-18/h3-6,11-13,15H,1,7-10H2,2H3,(H,21,24). The zero-order chi connectivity index (χ0) is 17.8. The van der Waals surface area contributed by atoms with Crippen LogP contribution in [0.2, 0.25) is 0 Å². The molecule has 25 heavy (non-hydrogen) atoms. The van der Waals surface area contributed by atoms with E-state index < -0.39 is 0 Å². The van der Waals surface area contributed by atoms with Crippen LogP contribution in [0.4, 0.5) is 5.69 Å². The van der Waals surface area contributed by atoms with Crippen LogP contribution in [0.25, 0.3) is 0 Å². The van der Waals surface area contributed by atoms with Gasteiger partial charge < -0.3 is 10.2 Å². The van der Waals surface area contributed by atoms with Gasteiger partial charge in [0.15, 0.2) is 0 Å². The van der Waals surface area contributed by atoms with Gasteiger partial charge >= 0.3 is 0 Å². The average Bonchev–Trinajstić information content (AvgIpc) is 3.08. The summed E-state index contributed by atoms with van der Waals surface area (Å²) in [5, 5.41) is 4.96. The first kappa shape index (κ1) is 17.4. The molecule has 0 atom stereocenters. The van der Waals surface area contributed by atoms with E-state index >= 15 is 0 Å². The molecule has 5 heteroatoms. The predicted octanol–water partition coefficient (Wildman–Crippen LogP) is 4.20. The van der Waals surface area contributed by atoms with Crippen molar-refractivity contribution in [2.24, 2.45) is 0 Å². The number of hydrogen-bond donors (Lipinski definition) is 1. The number of benzene rings is 1. The third-order valence-corrected chi connectivity index (χ3v) is 5.60. The second kappa shape index (κ2) is 7.66. The summed E-state index contributed by atoms with van der Waals surface area (Å²) in [5.74, 6) is 0.349. The van der Waals surface area contributed by atoms with Gasteiger partial charge in [-0.15, -0.1) is 11.3 Å². The maximum absolute atomic E-state index is 12.3. The second-order valence-corrected chi connectivity index (χ2v) is 7.28. The van der Waals surface area contributed by atoms with Gasteiger partial charge in [-0.05, 0) is 66.5 Å². The lowest BCUT2D eigenvalue weighted by Gasteiger charge is -2.31. The molecule has 4 nitrogen and oxygen atoms in total. The van der Waals surface area contributed by atoms with Crippen LogP contribution in [-0.2, 0) is 4.79 Å². The molecule has 1 aliphatic rings. The van der Waals surface area contributed by atoms with E-state index in [9.17, 15) is 9.59 Å². The molecule has 0 saturated carbocycles. The van der Waals surface area contributed by atoms with Crippen molar-refractivity contribution in [2.45, 2.75) is 25.7 Å². The molecule has 0 bridgehead atoms. The highest BCUT2D eigenvalue weighted by Gasteiger charge is 2.22. The summed E-state index contributed by atoms with van der Waals surface area (Å²) in [6.45, 7) is 7.03. The summed E-state index contributed by atoms with van der Waals surface area (Å²) in [6.07, 6.45) is 3.24. The first-order valence-electron chi connectivity index (χ1n) is 8.44. The van der Waals surface area contributed by atoms with Gasteiger partial charge in [0.25, 0.3) is 5.91 Å². The van der Waals surface area contributed by atoms with Crippen LogP contribution in [0.3, 0.4) is 0 Å². The van der Waals surface area contributed by atoms with Crippen LogP contribution in [0.5, 0.6) is 0 Å². The third-order valence-electron chi connectivity index (χ3n) is 4.55. The molecule has 1 aromatic heterocycles. The van der Waals surface area contributed by atoms with Crippen LogP contribution in [0, 0.1) is 6.92 Å². The molecule has 0 aliphatic carbocycles. The Balaban J connectivity index is 1.65. The minimum Gasteiger partial charge on any atom is -0.339 e. The van der Waals surface area contributed by atoms with Gasteiger partial charge in [-0.2, -0.15) is 0 Å². The summed E-state index contributed by atoms with van der Waals surface area (Å²) < 4.78 is 0. The van der Waals surface area contributed by atoms with E-state index in [1.54, 1.807) is 0 Å². The molecule has 1 N–H and O–H groups in total. The molecule has 2 aromatic rings. The molecule has 0 unspecified atom stereocenters. The largest absolute Gasteiger partial charge is 0.339 e. The number of thiophene rings is 1. The van der Waals surface area contributed by atoms with E-state index in [2.05, 4.69) is 18.0 Å². The highest BCUT2D eigenvalue weighted by molar-refractivity contribution is 7.12. The van der Waals surface area contributed by atoms with Gasteiger partial charge in [-0.25, -0.2) is 0 Å². The maximum Gasteiger partial charge on any atom is 0.265 e. The number of carbonyl (C=O) groups is 2. The van der Waals surface area contributed by atoms with Gasteiger partial charge in [0.1, 0.15) is 0 Å². The number of carbonyl (C=O) groups excluding carboxylic acids is 2. The van der Waals surface area contributed by atoms with Crippen LogP contribution in [0.1, 0.15) is 39.6 Å². The predicted molar refractivity (Wildman–Crippen MR) is 102 cm³/mol. The monoisotopic (exact) mass is 354 g/mol. The fourth-order valence-corrected chi connectivity index (χ4v) is 3.97. The molecule has 0 spiro atoms. The summed E-state index contributed by atoms with van der Waals surface area (Å²) in [4.78, 5) is 26.6. The zero-order valence-electron chi connectivity index (χ0n) is 14.3. The van der Waals surface area contributed by atoms with Crippen molar-refractivity contribution in [1.82, 2.24) is 4.90 Å². The lowest BCUT2D eigenvalue weighted by molar-refractivity contribution is -0.127. The second-order valence-electron chi connectivity index (χ2n) is 6.37. The lowest BCUT2D eigenvalue weighted by atomic mass is 9.89. The Hall–Kier alpha value is -2.40. The number of amides is 2. The summed E-state index contributed by atoms with van der Waals surface area (Å²) in [5.41, 5.74) is 3.13. The zero-order valence-corrected chi connectivity index (χ0v) is 15.1. The summed E-state index contributed by atoms with van der Waals surface area (Å²) in [7, 11) is 0. The van der Waals surface area contributed by atoms with Gasteiger partial charge in [-0.3, -0.25) is 9.59 Å². The first-order valence-corrected chi connectivity index (χ1v) is 9.32. The Kier molecular flexibility index (Phi) is 5.34. The number of nitrogens with one attached hydrogen (secondary N) is 1. The van der Waals surface area contributed by atoms with Gasteiger partial charge in [0, 0.05) is 18.8 Å². The Morgan fingerprint density at radius 3 is 2.68 bits per heavy atom. The number of nitrogens with zero attached hydrogens (tertiary/aromatic N) is 1. The van der Waals surface area contributed by atoms with Gasteiger partial charge in [0.2, 0.25) is 5.91 Å². The van der Waals surface area contributed by atoms with Crippen molar-refractivity contribution in [2.75, 3.05) is 18.4 Å². The van der Waals surface area contributed by atoms with Crippen molar-refractivity contribution in [3.63, 3.8) is 0 Å². The number of rotatable bonds is 4. The number of likely N-dealkylation sites (tertiary alicyclic amines) is 1. The molecule has 1 aliphatic heterocycles.